The molecule has 0 aliphatic carbocycles. The van der Waals surface area contributed by atoms with Crippen LogP contribution in [-0.4, -0.2) is 34.4 Å². The fourth-order valence-electron chi connectivity index (χ4n) is 2.93. The maximum Gasteiger partial charge on any atom is 0.259 e. The first kappa shape index (κ1) is 15.8. The van der Waals surface area contributed by atoms with Gasteiger partial charge in [-0.3, -0.25) is 0 Å². The van der Waals surface area contributed by atoms with Crippen molar-refractivity contribution in [3.05, 3.63) is 48.2 Å². The smallest absolute Gasteiger partial charge is 0.259 e. The van der Waals surface area contributed by atoms with Gasteiger partial charge in [0.05, 0.1) is 5.56 Å². The number of pyridine rings is 1. The molecule has 1 aromatic carbocycles. The van der Waals surface area contributed by atoms with Gasteiger partial charge in [0.25, 0.3) is 5.89 Å². The van der Waals surface area contributed by atoms with E-state index in [9.17, 15) is 0 Å². The zero-order valence-electron chi connectivity index (χ0n) is 14.1. The Bertz CT molecular complexity index is 839. The van der Waals surface area contributed by atoms with Crippen molar-refractivity contribution in [3.63, 3.8) is 0 Å². The van der Waals surface area contributed by atoms with Crippen molar-refractivity contribution in [1.82, 2.24) is 15.1 Å². The minimum absolute atomic E-state index is 0.420. The molecular weight excluding hydrogens is 316 g/mol. The van der Waals surface area contributed by atoms with Gasteiger partial charge >= 0.3 is 0 Å². The SMILES string of the molecule is Cc1ccccc1-c1noc(-c2ccc(NC3CCOCC3)nc2)n1. The molecule has 0 bridgehead atoms. The van der Waals surface area contributed by atoms with Gasteiger partial charge in [0.1, 0.15) is 5.82 Å². The van der Waals surface area contributed by atoms with Crippen LogP contribution in [0.1, 0.15) is 18.4 Å². The molecule has 1 fully saturated rings. The maximum absolute atomic E-state index is 5.41. The van der Waals surface area contributed by atoms with E-state index in [1.807, 2.05) is 43.3 Å². The fourth-order valence-corrected chi connectivity index (χ4v) is 2.93. The molecular formula is C19H20N4O2. The Morgan fingerprint density at radius 1 is 1.08 bits per heavy atom. The Balaban J connectivity index is 1.50. The van der Waals surface area contributed by atoms with E-state index in [-0.39, 0.29) is 0 Å². The quantitative estimate of drug-likeness (QED) is 0.783. The summed E-state index contributed by atoms with van der Waals surface area (Å²) >= 11 is 0. The van der Waals surface area contributed by atoms with Crippen LogP contribution in [0.4, 0.5) is 5.82 Å². The number of aromatic nitrogens is 3. The van der Waals surface area contributed by atoms with Crippen molar-refractivity contribution >= 4 is 5.82 Å². The summed E-state index contributed by atoms with van der Waals surface area (Å²) in [6, 6.07) is 12.3. The van der Waals surface area contributed by atoms with Crippen LogP contribution in [0.3, 0.4) is 0 Å². The average Bonchev–Trinajstić information content (AvgIpc) is 3.13. The molecule has 128 valence electrons. The zero-order chi connectivity index (χ0) is 17.1. The number of hydrogen-bond donors (Lipinski definition) is 1. The number of nitrogens with one attached hydrogen (secondary N) is 1. The highest BCUT2D eigenvalue weighted by Crippen LogP contribution is 2.24. The van der Waals surface area contributed by atoms with Gasteiger partial charge in [0.15, 0.2) is 0 Å². The summed E-state index contributed by atoms with van der Waals surface area (Å²) < 4.78 is 10.8. The minimum Gasteiger partial charge on any atom is -0.381 e. The average molecular weight is 336 g/mol. The minimum atomic E-state index is 0.420. The van der Waals surface area contributed by atoms with Gasteiger partial charge < -0.3 is 14.6 Å². The standard InChI is InChI=1S/C19H20N4O2/c1-13-4-2-3-5-16(13)18-22-19(25-23-18)14-6-7-17(20-12-14)21-15-8-10-24-11-9-15/h2-7,12,15H,8-11H2,1H3,(H,20,21). The maximum atomic E-state index is 5.41. The highest BCUT2D eigenvalue weighted by molar-refractivity contribution is 5.62. The van der Waals surface area contributed by atoms with Gasteiger partial charge in [0.2, 0.25) is 5.82 Å². The topological polar surface area (TPSA) is 73.1 Å². The van der Waals surface area contributed by atoms with E-state index < -0.39 is 0 Å². The van der Waals surface area contributed by atoms with Gasteiger partial charge in [-0.15, -0.1) is 0 Å². The molecule has 2 aromatic heterocycles. The van der Waals surface area contributed by atoms with Crippen LogP contribution in [0.25, 0.3) is 22.8 Å². The Kier molecular flexibility index (Phi) is 4.43. The number of anilines is 1. The molecule has 6 nitrogen and oxygen atoms in total. The van der Waals surface area contributed by atoms with Crippen LogP contribution < -0.4 is 5.32 Å². The molecule has 1 aliphatic heterocycles. The van der Waals surface area contributed by atoms with E-state index in [1.54, 1.807) is 6.20 Å². The number of aryl methyl sites for hydroxylation is 1. The van der Waals surface area contributed by atoms with Gasteiger partial charge in [0, 0.05) is 31.0 Å². The third-order valence-electron chi connectivity index (χ3n) is 4.40. The molecule has 0 saturated carbocycles. The van der Waals surface area contributed by atoms with Crippen LogP contribution in [0.5, 0.6) is 0 Å². The molecule has 1 aliphatic rings. The lowest BCUT2D eigenvalue weighted by molar-refractivity contribution is 0.0904. The molecule has 0 radical (unpaired) electrons. The van der Waals surface area contributed by atoms with Crippen molar-refractivity contribution in [3.8, 4) is 22.8 Å². The van der Waals surface area contributed by atoms with Crippen molar-refractivity contribution in [2.24, 2.45) is 0 Å². The highest BCUT2D eigenvalue weighted by Gasteiger charge is 2.15. The van der Waals surface area contributed by atoms with Gasteiger partial charge in [-0.1, -0.05) is 29.4 Å². The van der Waals surface area contributed by atoms with Crippen LogP contribution in [-0.2, 0) is 4.74 Å². The van der Waals surface area contributed by atoms with E-state index in [2.05, 4.69) is 20.4 Å². The molecule has 3 heterocycles. The van der Waals surface area contributed by atoms with Crippen LogP contribution in [0.15, 0.2) is 47.1 Å². The summed E-state index contributed by atoms with van der Waals surface area (Å²) in [4.78, 5) is 8.97. The predicted octanol–water partition coefficient (Wildman–Crippen LogP) is 3.70. The van der Waals surface area contributed by atoms with Crippen molar-refractivity contribution in [2.45, 2.75) is 25.8 Å². The molecule has 0 spiro atoms. The Labute approximate surface area is 146 Å². The third-order valence-corrected chi connectivity index (χ3v) is 4.40. The van der Waals surface area contributed by atoms with Crippen LogP contribution in [0, 0.1) is 6.92 Å². The Morgan fingerprint density at radius 3 is 2.68 bits per heavy atom. The molecule has 0 amide bonds. The second-order valence-electron chi connectivity index (χ2n) is 6.20. The van der Waals surface area contributed by atoms with Crippen LogP contribution >= 0.6 is 0 Å². The third kappa shape index (κ3) is 3.53. The Morgan fingerprint density at radius 2 is 1.92 bits per heavy atom. The lowest BCUT2D eigenvalue weighted by Crippen LogP contribution is -2.28. The van der Waals surface area contributed by atoms with Crippen LogP contribution in [0.2, 0.25) is 0 Å². The van der Waals surface area contributed by atoms with E-state index in [0.717, 1.165) is 48.6 Å². The van der Waals surface area contributed by atoms with Gasteiger partial charge in [-0.2, -0.15) is 4.98 Å². The second kappa shape index (κ2) is 7.03. The first-order chi connectivity index (χ1) is 12.3. The molecule has 25 heavy (non-hydrogen) atoms. The van der Waals surface area contributed by atoms with Crippen molar-refractivity contribution in [1.29, 1.82) is 0 Å². The van der Waals surface area contributed by atoms with Crippen molar-refractivity contribution < 1.29 is 9.26 Å². The first-order valence-electron chi connectivity index (χ1n) is 8.50. The monoisotopic (exact) mass is 336 g/mol. The second-order valence-corrected chi connectivity index (χ2v) is 6.20. The predicted molar refractivity (Wildman–Crippen MR) is 95.2 cm³/mol. The largest absolute Gasteiger partial charge is 0.381 e. The molecule has 6 heteroatoms. The summed E-state index contributed by atoms with van der Waals surface area (Å²) in [5.41, 5.74) is 2.90. The summed E-state index contributed by atoms with van der Waals surface area (Å²) in [5, 5.41) is 7.54. The molecule has 1 N–H and O–H groups in total. The first-order valence-corrected chi connectivity index (χ1v) is 8.50. The lowest BCUT2D eigenvalue weighted by Gasteiger charge is -2.23. The summed E-state index contributed by atoms with van der Waals surface area (Å²) in [6.07, 6.45) is 3.77. The van der Waals surface area contributed by atoms with E-state index in [1.165, 1.54) is 0 Å². The molecule has 3 aromatic rings. The number of ether oxygens (including phenoxy) is 1. The van der Waals surface area contributed by atoms with Crippen molar-refractivity contribution in [2.75, 3.05) is 18.5 Å². The summed E-state index contributed by atoms with van der Waals surface area (Å²) in [5.74, 6) is 1.93. The molecule has 0 atom stereocenters. The van der Waals surface area contributed by atoms with Gasteiger partial charge in [-0.05, 0) is 37.5 Å². The normalized spacial score (nSPS) is 15.2. The van der Waals surface area contributed by atoms with Gasteiger partial charge in [-0.25, -0.2) is 4.98 Å². The zero-order valence-corrected chi connectivity index (χ0v) is 14.1. The number of hydrogen-bond acceptors (Lipinski definition) is 6. The van der Waals surface area contributed by atoms with E-state index >= 15 is 0 Å². The van der Waals surface area contributed by atoms with E-state index in [0.29, 0.717) is 17.8 Å². The van der Waals surface area contributed by atoms with E-state index in [4.69, 9.17) is 9.26 Å². The number of benzene rings is 1. The summed E-state index contributed by atoms with van der Waals surface area (Å²) in [6.45, 7) is 3.64. The molecule has 1 saturated heterocycles. The highest BCUT2D eigenvalue weighted by atomic mass is 16.5. The molecule has 0 unspecified atom stereocenters. The molecule has 4 rings (SSSR count). The Hall–Kier alpha value is -2.73. The number of rotatable bonds is 4. The lowest BCUT2D eigenvalue weighted by atomic mass is 10.1. The summed E-state index contributed by atoms with van der Waals surface area (Å²) in [7, 11) is 0. The fraction of sp³-hybridized carbons (Fsp3) is 0.316. The number of nitrogens with zero attached hydrogens (tertiary/aromatic N) is 3.